The molecule has 1 fully saturated rings. The molecule has 2 aromatic carbocycles. The normalized spacial score (nSPS) is 15.7. The van der Waals surface area contributed by atoms with Crippen LogP contribution in [-0.2, 0) is 13.1 Å². The van der Waals surface area contributed by atoms with Gasteiger partial charge in [0.25, 0.3) is 0 Å². The van der Waals surface area contributed by atoms with Crippen LogP contribution in [0.15, 0.2) is 72.2 Å². The molecule has 2 N–H and O–H groups in total. The number of piperidine rings is 1. The molecule has 0 saturated carbocycles. The predicted molar refractivity (Wildman–Crippen MR) is 136 cm³/mol. The van der Waals surface area contributed by atoms with Crippen LogP contribution in [0, 0.1) is 0 Å². The number of imidazole rings is 1. The van der Waals surface area contributed by atoms with Gasteiger partial charge >= 0.3 is 0 Å². The average molecular weight is 445 g/mol. The van der Waals surface area contributed by atoms with Crippen molar-refractivity contribution in [1.82, 2.24) is 25.1 Å². The van der Waals surface area contributed by atoms with Crippen LogP contribution in [0.5, 0.6) is 0 Å². The number of guanidine groups is 1. The van der Waals surface area contributed by atoms with E-state index >= 15 is 0 Å². The van der Waals surface area contributed by atoms with Gasteiger partial charge in [0.15, 0.2) is 5.96 Å². The van der Waals surface area contributed by atoms with Crippen molar-refractivity contribution in [2.24, 2.45) is 4.99 Å². The number of aromatic nitrogens is 2. The van der Waals surface area contributed by atoms with Crippen molar-refractivity contribution < 1.29 is 0 Å². The lowest BCUT2D eigenvalue weighted by Crippen LogP contribution is -2.49. The van der Waals surface area contributed by atoms with E-state index in [9.17, 15) is 0 Å². The van der Waals surface area contributed by atoms with Crippen molar-refractivity contribution in [2.45, 2.75) is 51.9 Å². The minimum atomic E-state index is 0.476. The Hall–Kier alpha value is -3.12. The number of benzene rings is 2. The second-order valence-electron chi connectivity index (χ2n) is 9.06. The predicted octanol–water partition coefficient (Wildman–Crippen LogP) is 4.14. The van der Waals surface area contributed by atoms with Crippen LogP contribution in [0.1, 0.15) is 37.8 Å². The molecule has 6 heteroatoms. The second kappa shape index (κ2) is 11.1. The highest BCUT2D eigenvalue weighted by atomic mass is 15.2. The van der Waals surface area contributed by atoms with Crippen molar-refractivity contribution in [3.63, 3.8) is 0 Å². The van der Waals surface area contributed by atoms with E-state index in [1.54, 1.807) is 0 Å². The number of nitrogens with one attached hydrogen (secondary N) is 2. The monoisotopic (exact) mass is 444 g/mol. The van der Waals surface area contributed by atoms with Crippen molar-refractivity contribution in [3.8, 4) is 11.1 Å². The Labute approximate surface area is 197 Å². The zero-order valence-electron chi connectivity index (χ0n) is 20.0. The summed E-state index contributed by atoms with van der Waals surface area (Å²) in [4.78, 5) is 11.1. The molecule has 1 aliphatic heterocycles. The quantitative estimate of drug-likeness (QED) is 0.425. The summed E-state index contributed by atoms with van der Waals surface area (Å²) >= 11 is 0. The molecule has 33 heavy (non-hydrogen) atoms. The molecule has 0 bridgehead atoms. The summed E-state index contributed by atoms with van der Waals surface area (Å²) < 4.78 is 2.08. The van der Waals surface area contributed by atoms with Gasteiger partial charge in [0.1, 0.15) is 0 Å². The van der Waals surface area contributed by atoms with Gasteiger partial charge in [0, 0.05) is 57.7 Å². The first kappa shape index (κ1) is 23.1. The molecular formula is C27H36N6. The molecule has 0 unspecified atom stereocenters. The third-order valence-electron chi connectivity index (χ3n) is 6.48. The highest BCUT2D eigenvalue weighted by Crippen LogP contribution is 2.24. The molecule has 6 nitrogen and oxygen atoms in total. The third-order valence-corrected chi connectivity index (χ3v) is 6.48. The lowest BCUT2D eigenvalue weighted by atomic mass is 9.98. The van der Waals surface area contributed by atoms with E-state index in [0.29, 0.717) is 12.1 Å². The van der Waals surface area contributed by atoms with Crippen molar-refractivity contribution >= 4 is 5.96 Å². The Morgan fingerprint density at radius 2 is 1.85 bits per heavy atom. The molecule has 1 aliphatic rings. The van der Waals surface area contributed by atoms with E-state index < -0.39 is 0 Å². The van der Waals surface area contributed by atoms with Gasteiger partial charge in [-0.25, -0.2) is 4.98 Å². The third kappa shape index (κ3) is 6.23. The fraction of sp³-hybridized carbons (Fsp3) is 0.407. The molecule has 0 radical (unpaired) electrons. The summed E-state index contributed by atoms with van der Waals surface area (Å²) in [5.74, 6) is 0.878. The summed E-state index contributed by atoms with van der Waals surface area (Å²) in [5, 5.41) is 7.16. The Bertz CT molecular complexity index is 1020. The van der Waals surface area contributed by atoms with Crippen LogP contribution in [0.25, 0.3) is 11.1 Å². The lowest BCUT2D eigenvalue weighted by Gasteiger charge is -2.35. The number of nitrogens with zero attached hydrogens (tertiary/aromatic N) is 4. The molecular weight excluding hydrogens is 408 g/mol. The maximum absolute atomic E-state index is 4.47. The Morgan fingerprint density at radius 3 is 2.52 bits per heavy atom. The minimum absolute atomic E-state index is 0.476. The topological polar surface area (TPSA) is 57.5 Å². The van der Waals surface area contributed by atoms with Gasteiger partial charge in [0.2, 0.25) is 0 Å². The number of likely N-dealkylation sites (tertiary alicyclic amines) is 1. The zero-order valence-corrected chi connectivity index (χ0v) is 20.0. The van der Waals surface area contributed by atoms with E-state index in [0.717, 1.165) is 45.0 Å². The van der Waals surface area contributed by atoms with Crippen LogP contribution in [0.4, 0.5) is 0 Å². The highest BCUT2D eigenvalue weighted by Gasteiger charge is 2.21. The first-order valence-corrected chi connectivity index (χ1v) is 12.0. The summed E-state index contributed by atoms with van der Waals surface area (Å²) in [6.45, 7) is 8.41. The number of aliphatic imine (C=N–C) groups is 1. The van der Waals surface area contributed by atoms with Crippen LogP contribution >= 0.6 is 0 Å². The first-order chi connectivity index (χ1) is 16.1. The van der Waals surface area contributed by atoms with Gasteiger partial charge in [-0.3, -0.25) is 4.99 Å². The SMILES string of the molecule is CN=C(NCc1ccccc1-c1ccc(Cn2ccnc2)cc1)NC1CCN(C(C)C)CC1. The Kier molecular flexibility index (Phi) is 7.79. The van der Waals surface area contributed by atoms with Gasteiger partial charge in [-0.1, -0.05) is 48.5 Å². The molecule has 2 heterocycles. The maximum atomic E-state index is 4.47. The van der Waals surface area contributed by atoms with Crippen LogP contribution in [0.2, 0.25) is 0 Å². The molecule has 3 aromatic rings. The molecule has 1 saturated heterocycles. The molecule has 4 rings (SSSR count). The lowest BCUT2D eigenvalue weighted by molar-refractivity contribution is 0.167. The van der Waals surface area contributed by atoms with Crippen molar-refractivity contribution in [3.05, 3.63) is 78.4 Å². The van der Waals surface area contributed by atoms with Crippen molar-refractivity contribution in [1.29, 1.82) is 0 Å². The fourth-order valence-corrected chi connectivity index (χ4v) is 4.46. The molecule has 0 atom stereocenters. The molecule has 1 aromatic heterocycles. The molecule has 174 valence electrons. The summed E-state index contributed by atoms with van der Waals surface area (Å²) in [5.41, 5.74) is 5.00. The summed E-state index contributed by atoms with van der Waals surface area (Å²) in [6, 6.07) is 18.5. The largest absolute Gasteiger partial charge is 0.354 e. The molecule has 0 amide bonds. The van der Waals surface area contributed by atoms with E-state index in [4.69, 9.17) is 0 Å². The smallest absolute Gasteiger partial charge is 0.191 e. The van der Waals surface area contributed by atoms with Gasteiger partial charge in [-0.2, -0.15) is 0 Å². The van der Waals surface area contributed by atoms with Gasteiger partial charge in [-0.15, -0.1) is 0 Å². The Morgan fingerprint density at radius 1 is 1.09 bits per heavy atom. The zero-order chi connectivity index (χ0) is 23.0. The van der Waals surface area contributed by atoms with Crippen LogP contribution < -0.4 is 10.6 Å². The van der Waals surface area contributed by atoms with Gasteiger partial charge in [0.05, 0.1) is 6.33 Å². The minimum Gasteiger partial charge on any atom is -0.354 e. The fourth-order valence-electron chi connectivity index (χ4n) is 4.46. The van der Waals surface area contributed by atoms with E-state index in [2.05, 4.69) is 92.5 Å². The first-order valence-electron chi connectivity index (χ1n) is 12.0. The number of hydrogen-bond acceptors (Lipinski definition) is 3. The molecule has 0 spiro atoms. The standard InChI is InChI=1S/C27H36N6/c1-21(2)33-15-12-25(13-16-33)31-27(28-3)30-18-24-6-4-5-7-26(24)23-10-8-22(9-11-23)19-32-17-14-29-20-32/h4-11,14,17,20-21,25H,12-13,15-16,18-19H2,1-3H3,(H2,28,30,31). The van der Waals surface area contributed by atoms with Crippen molar-refractivity contribution in [2.75, 3.05) is 20.1 Å². The summed E-state index contributed by atoms with van der Waals surface area (Å²) in [6.07, 6.45) is 7.96. The van der Waals surface area contributed by atoms with E-state index in [1.165, 1.54) is 22.3 Å². The Balaban J connectivity index is 1.36. The summed E-state index contributed by atoms with van der Waals surface area (Å²) in [7, 11) is 1.85. The maximum Gasteiger partial charge on any atom is 0.191 e. The number of rotatable bonds is 7. The van der Waals surface area contributed by atoms with Gasteiger partial charge in [-0.05, 0) is 48.9 Å². The average Bonchev–Trinajstić information content (AvgIpc) is 3.36. The number of hydrogen-bond donors (Lipinski definition) is 2. The molecule has 0 aliphatic carbocycles. The van der Waals surface area contributed by atoms with Crippen LogP contribution in [-0.4, -0.2) is 52.6 Å². The van der Waals surface area contributed by atoms with Gasteiger partial charge < -0.3 is 20.1 Å². The second-order valence-corrected chi connectivity index (χ2v) is 9.06. The highest BCUT2D eigenvalue weighted by molar-refractivity contribution is 5.80. The van der Waals surface area contributed by atoms with E-state index in [1.807, 2.05) is 25.8 Å². The van der Waals surface area contributed by atoms with Crippen LogP contribution in [0.3, 0.4) is 0 Å². The van der Waals surface area contributed by atoms with E-state index in [-0.39, 0.29) is 0 Å².